The highest BCUT2D eigenvalue weighted by molar-refractivity contribution is 5.48. The van der Waals surface area contributed by atoms with Gasteiger partial charge >= 0.3 is 0 Å². The molecule has 1 saturated carbocycles. The normalized spacial score (nSPS) is 16.2. The number of rotatable bonds is 8. The first-order valence-corrected chi connectivity index (χ1v) is 7.65. The first-order valence-electron chi connectivity index (χ1n) is 7.65. The highest BCUT2D eigenvalue weighted by atomic mass is 16.3. The summed E-state index contributed by atoms with van der Waals surface area (Å²) < 4.78 is 0. The van der Waals surface area contributed by atoms with Crippen LogP contribution in [0.15, 0.2) is 6.07 Å². The van der Waals surface area contributed by atoms with Crippen molar-refractivity contribution in [1.29, 1.82) is 0 Å². The van der Waals surface area contributed by atoms with Crippen LogP contribution < -0.4 is 10.6 Å². The van der Waals surface area contributed by atoms with Gasteiger partial charge in [-0.3, -0.25) is 0 Å². The van der Waals surface area contributed by atoms with Gasteiger partial charge in [0.15, 0.2) is 0 Å². The third-order valence-corrected chi connectivity index (χ3v) is 3.50. The van der Waals surface area contributed by atoms with Crippen LogP contribution in [-0.2, 0) is 0 Å². The van der Waals surface area contributed by atoms with Gasteiger partial charge in [-0.15, -0.1) is 0 Å². The van der Waals surface area contributed by atoms with E-state index in [1.807, 2.05) is 19.9 Å². The summed E-state index contributed by atoms with van der Waals surface area (Å²) in [4.78, 5) is 9.13. The third-order valence-electron chi connectivity index (χ3n) is 3.50. The van der Waals surface area contributed by atoms with E-state index < -0.39 is 0 Å². The Morgan fingerprint density at radius 3 is 2.45 bits per heavy atom. The molecule has 112 valence electrons. The molecule has 1 aliphatic carbocycles. The Bertz CT molecular complexity index is 432. The summed E-state index contributed by atoms with van der Waals surface area (Å²) in [5, 5.41) is 16.4. The lowest BCUT2D eigenvalue weighted by atomic mass is 10.1. The Morgan fingerprint density at radius 2 is 1.90 bits per heavy atom. The first kappa shape index (κ1) is 15.0. The minimum absolute atomic E-state index is 0.241. The summed E-state index contributed by atoms with van der Waals surface area (Å²) in [5.41, 5.74) is 0. The zero-order chi connectivity index (χ0) is 14.5. The van der Waals surface area contributed by atoms with E-state index in [2.05, 4.69) is 27.5 Å². The molecule has 2 rings (SSSR count). The molecule has 1 aliphatic rings. The number of anilines is 2. The van der Waals surface area contributed by atoms with E-state index in [0.29, 0.717) is 12.5 Å². The Hall–Kier alpha value is -1.36. The van der Waals surface area contributed by atoms with Crippen molar-refractivity contribution < 1.29 is 5.11 Å². The van der Waals surface area contributed by atoms with Crippen molar-refractivity contribution in [3.8, 4) is 0 Å². The lowest BCUT2D eigenvalue weighted by Crippen LogP contribution is -2.25. The Labute approximate surface area is 121 Å². The van der Waals surface area contributed by atoms with Crippen LogP contribution in [0.2, 0.25) is 0 Å². The van der Waals surface area contributed by atoms with Crippen LogP contribution in [-0.4, -0.2) is 34.3 Å². The number of nitrogens with one attached hydrogen (secondary N) is 2. The van der Waals surface area contributed by atoms with Crippen molar-refractivity contribution in [2.75, 3.05) is 23.7 Å². The molecule has 3 N–H and O–H groups in total. The largest absolute Gasteiger partial charge is 0.391 e. The fourth-order valence-electron chi connectivity index (χ4n) is 1.87. The maximum Gasteiger partial charge on any atom is 0.136 e. The van der Waals surface area contributed by atoms with Gasteiger partial charge in [-0.1, -0.05) is 20.8 Å². The monoisotopic (exact) mass is 278 g/mol. The van der Waals surface area contributed by atoms with Gasteiger partial charge in [-0.05, 0) is 25.2 Å². The zero-order valence-electron chi connectivity index (χ0n) is 12.7. The topological polar surface area (TPSA) is 70.1 Å². The van der Waals surface area contributed by atoms with Gasteiger partial charge in [0.2, 0.25) is 0 Å². The molecular weight excluding hydrogens is 252 g/mol. The standard InChI is InChI=1S/C15H26N4O/c1-4-7-16-13-8-14(17-9-12(20)10(2)3)19-15(18-13)11-5-6-11/h8,10-12,20H,4-7,9H2,1-3H3,(H2,16,17,18,19). The number of aromatic nitrogens is 2. The number of aliphatic hydroxyl groups is 1. The average molecular weight is 278 g/mol. The van der Waals surface area contributed by atoms with Crippen molar-refractivity contribution in [2.24, 2.45) is 5.92 Å². The first-order chi connectivity index (χ1) is 9.60. The SMILES string of the molecule is CCCNc1cc(NCC(O)C(C)C)nc(C2CC2)n1. The van der Waals surface area contributed by atoms with E-state index in [9.17, 15) is 5.11 Å². The fraction of sp³-hybridized carbons (Fsp3) is 0.733. The molecule has 0 aliphatic heterocycles. The van der Waals surface area contributed by atoms with E-state index in [4.69, 9.17) is 0 Å². The Morgan fingerprint density at radius 1 is 1.25 bits per heavy atom. The summed E-state index contributed by atoms with van der Waals surface area (Å²) in [7, 11) is 0. The molecule has 5 nitrogen and oxygen atoms in total. The molecule has 1 fully saturated rings. The molecule has 1 unspecified atom stereocenters. The van der Waals surface area contributed by atoms with Crippen LogP contribution in [0, 0.1) is 5.92 Å². The van der Waals surface area contributed by atoms with E-state index in [1.54, 1.807) is 0 Å². The predicted octanol–water partition coefficient (Wildman–Crippen LogP) is 2.60. The third kappa shape index (κ3) is 4.34. The highest BCUT2D eigenvalue weighted by Crippen LogP contribution is 2.38. The van der Waals surface area contributed by atoms with Crippen LogP contribution in [0.3, 0.4) is 0 Å². The number of hydrogen-bond acceptors (Lipinski definition) is 5. The second-order valence-corrected chi connectivity index (χ2v) is 5.89. The quantitative estimate of drug-likeness (QED) is 0.682. The van der Waals surface area contributed by atoms with Crippen LogP contribution in [0.4, 0.5) is 11.6 Å². The predicted molar refractivity (Wildman–Crippen MR) is 82.1 cm³/mol. The lowest BCUT2D eigenvalue weighted by Gasteiger charge is -2.16. The van der Waals surface area contributed by atoms with Crippen LogP contribution >= 0.6 is 0 Å². The van der Waals surface area contributed by atoms with Gasteiger partial charge in [0.05, 0.1) is 6.10 Å². The van der Waals surface area contributed by atoms with Gasteiger partial charge in [0, 0.05) is 25.1 Å². The van der Waals surface area contributed by atoms with Gasteiger partial charge in [-0.25, -0.2) is 9.97 Å². The molecule has 0 amide bonds. The second kappa shape index (κ2) is 6.88. The summed E-state index contributed by atoms with van der Waals surface area (Å²) in [6, 6.07) is 1.93. The summed E-state index contributed by atoms with van der Waals surface area (Å²) in [6.07, 6.45) is 3.08. The summed E-state index contributed by atoms with van der Waals surface area (Å²) in [6.45, 7) is 7.59. The van der Waals surface area contributed by atoms with Crippen molar-refractivity contribution in [3.05, 3.63) is 11.9 Å². The molecule has 0 bridgehead atoms. The van der Waals surface area contributed by atoms with E-state index in [0.717, 1.165) is 30.4 Å². The molecule has 1 atom stereocenters. The maximum atomic E-state index is 9.87. The van der Waals surface area contributed by atoms with Gasteiger partial charge in [0.25, 0.3) is 0 Å². The van der Waals surface area contributed by atoms with Crippen LogP contribution in [0.5, 0.6) is 0 Å². The lowest BCUT2D eigenvalue weighted by molar-refractivity contribution is 0.138. The smallest absolute Gasteiger partial charge is 0.136 e. The molecule has 1 heterocycles. The van der Waals surface area contributed by atoms with Gasteiger partial charge in [-0.2, -0.15) is 0 Å². The molecule has 1 aromatic rings. The highest BCUT2D eigenvalue weighted by Gasteiger charge is 2.27. The molecule has 0 radical (unpaired) electrons. The molecule has 0 spiro atoms. The molecule has 5 heteroatoms. The Balaban J connectivity index is 2.04. The minimum Gasteiger partial charge on any atom is -0.391 e. The van der Waals surface area contributed by atoms with Crippen molar-refractivity contribution in [3.63, 3.8) is 0 Å². The minimum atomic E-state index is -0.360. The summed E-state index contributed by atoms with van der Waals surface area (Å²) in [5.74, 6) is 3.37. The van der Waals surface area contributed by atoms with Crippen molar-refractivity contribution >= 4 is 11.6 Å². The molecular formula is C15H26N4O. The van der Waals surface area contributed by atoms with E-state index >= 15 is 0 Å². The van der Waals surface area contributed by atoms with E-state index in [-0.39, 0.29) is 12.0 Å². The number of nitrogens with zero attached hydrogens (tertiary/aromatic N) is 2. The molecule has 0 saturated heterocycles. The maximum absolute atomic E-state index is 9.87. The van der Waals surface area contributed by atoms with Crippen molar-refractivity contribution in [2.45, 2.75) is 52.1 Å². The number of hydrogen-bond donors (Lipinski definition) is 3. The van der Waals surface area contributed by atoms with E-state index in [1.165, 1.54) is 12.8 Å². The van der Waals surface area contributed by atoms with Crippen LogP contribution in [0.1, 0.15) is 51.8 Å². The molecule has 1 aromatic heterocycles. The Kier molecular flexibility index (Phi) is 5.17. The van der Waals surface area contributed by atoms with Crippen molar-refractivity contribution in [1.82, 2.24) is 9.97 Å². The molecule has 0 aromatic carbocycles. The zero-order valence-corrected chi connectivity index (χ0v) is 12.7. The van der Waals surface area contributed by atoms with Crippen LogP contribution in [0.25, 0.3) is 0 Å². The fourth-order valence-corrected chi connectivity index (χ4v) is 1.87. The van der Waals surface area contributed by atoms with Gasteiger partial charge < -0.3 is 15.7 Å². The number of aliphatic hydroxyl groups excluding tert-OH is 1. The summed E-state index contributed by atoms with van der Waals surface area (Å²) >= 11 is 0. The average Bonchev–Trinajstić information content (AvgIpc) is 3.26. The second-order valence-electron chi connectivity index (χ2n) is 5.89. The molecule has 20 heavy (non-hydrogen) atoms. The van der Waals surface area contributed by atoms with Gasteiger partial charge in [0.1, 0.15) is 17.5 Å².